The second-order valence-electron chi connectivity index (χ2n) is 6.24. The van der Waals surface area contributed by atoms with Gasteiger partial charge in [-0.2, -0.15) is 0 Å². The standard InChI is InChI=1S/C16H22BrClO/c1-11(2)12-4-3-7-16(19,9-12)10-13-5-6-14(17)8-15(13)18/h5-6,8,11-12,19H,3-4,7,9-10H2,1-2H3. The van der Waals surface area contributed by atoms with Gasteiger partial charge in [0.05, 0.1) is 5.60 Å². The molecule has 2 unspecified atom stereocenters. The summed E-state index contributed by atoms with van der Waals surface area (Å²) in [6.07, 6.45) is 4.82. The summed E-state index contributed by atoms with van der Waals surface area (Å²) >= 11 is 9.69. The smallest absolute Gasteiger partial charge is 0.0691 e. The quantitative estimate of drug-likeness (QED) is 0.796. The van der Waals surface area contributed by atoms with E-state index in [0.29, 0.717) is 18.3 Å². The molecule has 0 spiro atoms. The maximum atomic E-state index is 10.9. The van der Waals surface area contributed by atoms with Gasteiger partial charge < -0.3 is 5.11 Å². The van der Waals surface area contributed by atoms with Crippen molar-refractivity contribution in [2.24, 2.45) is 11.8 Å². The Kier molecular flexibility index (Phi) is 4.97. The zero-order valence-corrected chi connectivity index (χ0v) is 14.0. The molecule has 2 rings (SSSR count). The van der Waals surface area contributed by atoms with Crippen LogP contribution in [0, 0.1) is 11.8 Å². The highest BCUT2D eigenvalue weighted by atomic mass is 79.9. The predicted octanol–water partition coefficient (Wildman–Crippen LogP) is 5.22. The van der Waals surface area contributed by atoms with E-state index in [4.69, 9.17) is 11.6 Å². The lowest BCUT2D eigenvalue weighted by Crippen LogP contribution is -2.38. The van der Waals surface area contributed by atoms with E-state index in [1.807, 2.05) is 18.2 Å². The number of benzene rings is 1. The fourth-order valence-corrected chi connectivity index (χ4v) is 3.87. The van der Waals surface area contributed by atoms with Gasteiger partial charge >= 0.3 is 0 Å². The maximum Gasteiger partial charge on any atom is 0.0691 e. The van der Waals surface area contributed by atoms with Crippen molar-refractivity contribution >= 4 is 27.5 Å². The van der Waals surface area contributed by atoms with Crippen molar-refractivity contribution in [1.82, 2.24) is 0 Å². The van der Waals surface area contributed by atoms with Crippen molar-refractivity contribution in [2.75, 3.05) is 0 Å². The van der Waals surface area contributed by atoms with Crippen LogP contribution in [0.15, 0.2) is 22.7 Å². The van der Waals surface area contributed by atoms with E-state index in [0.717, 1.165) is 34.3 Å². The van der Waals surface area contributed by atoms with Crippen LogP contribution in [0.25, 0.3) is 0 Å². The van der Waals surface area contributed by atoms with E-state index >= 15 is 0 Å². The summed E-state index contributed by atoms with van der Waals surface area (Å²) in [6.45, 7) is 4.51. The van der Waals surface area contributed by atoms with Gasteiger partial charge in [0.15, 0.2) is 0 Å². The van der Waals surface area contributed by atoms with Crippen molar-refractivity contribution in [3.8, 4) is 0 Å². The normalized spacial score (nSPS) is 27.8. The molecule has 0 bridgehead atoms. The molecule has 1 aliphatic rings. The van der Waals surface area contributed by atoms with Crippen LogP contribution in [0.2, 0.25) is 5.02 Å². The average Bonchev–Trinajstić information content (AvgIpc) is 2.33. The first-order chi connectivity index (χ1) is 8.89. The van der Waals surface area contributed by atoms with Crippen molar-refractivity contribution in [2.45, 2.75) is 51.6 Å². The monoisotopic (exact) mass is 344 g/mol. The van der Waals surface area contributed by atoms with Crippen LogP contribution in [0.4, 0.5) is 0 Å². The Bertz CT molecular complexity index is 446. The van der Waals surface area contributed by atoms with Crippen LogP contribution in [0.5, 0.6) is 0 Å². The molecule has 0 aromatic heterocycles. The van der Waals surface area contributed by atoms with E-state index in [9.17, 15) is 5.11 Å². The summed E-state index contributed by atoms with van der Waals surface area (Å²) in [5, 5.41) is 11.6. The Morgan fingerprint density at radius 1 is 1.47 bits per heavy atom. The third-order valence-corrected chi connectivity index (χ3v) is 5.18. The van der Waals surface area contributed by atoms with E-state index < -0.39 is 5.60 Å². The molecule has 1 saturated carbocycles. The second-order valence-corrected chi connectivity index (χ2v) is 7.56. The lowest BCUT2D eigenvalue weighted by molar-refractivity contribution is -0.0239. The van der Waals surface area contributed by atoms with Crippen molar-refractivity contribution in [3.05, 3.63) is 33.3 Å². The lowest BCUT2D eigenvalue weighted by atomic mass is 9.71. The maximum absolute atomic E-state index is 10.9. The van der Waals surface area contributed by atoms with Crippen molar-refractivity contribution in [3.63, 3.8) is 0 Å². The fraction of sp³-hybridized carbons (Fsp3) is 0.625. The number of aliphatic hydroxyl groups is 1. The molecule has 0 aliphatic heterocycles. The Balaban J connectivity index is 2.12. The van der Waals surface area contributed by atoms with E-state index in [1.165, 1.54) is 6.42 Å². The first kappa shape index (κ1) is 15.3. The van der Waals surface area contributed by atoms with E-state index in [-0.39, 0.29) is 0 Å². The molecule has 0 amide bonds. The van der Waals surface area contributed by atoms with Crippen molar-refractivity contribution < 1.29 is 5.11 Å². The summed E-state index contributed by atoms with van der Waals surface area (Å²) in [5.41, 5.74) is 0.474. The number of rotatable bonds is 3. The van der Waals surface area contributed by atoms with Gasteiger partial charge in [0, 0.05) is 15.9 Å². The zero-order chi connectivity index (χ0) is 14.0. The van der Waals surface area contributed by atoms with Gasteiger partial charge in [0.2, 0.25) is 0 Å². The molecular formula is C16H22BrClO. The zero-order valence-electron chi connectivity index (χ0n) is 11.6. The molecule has 106 valence electrons. The average molecular weight is 346 g/mol. The highest BCUT2D eigenvalue weighted by Crippen LogP contribution is 2.39. The summed E-state index contributed by atoms with van der Waals surface area (Å²) in [7, 11) is 0. The second kappa shape index (κ2) is 6.15. The molecule has 0 radical (unpaired) electrons. The summed E-state index contributed by atoms with van der Waals surface area (Å²) in [6, 6.07) is 5.92. The molecule has 1 nitrogen and oxygen atoms in total. The molecule has 1 aliphatic carbocycles. The topological polar surface area (TPSA) is 20.2 Å². The van der Waals surface area contributed by atoms with Crippen LogP contribution in [-0.4, -0.2) is 10.7 Å². The third kappa shape index (κ3) is 3.96. The molecule has 1 aromatic carbocycles. The molecule has 3 heteroatoms. The van der Waals surface area contributed by atoms with Crippen LogP contribution in [0.1, 0.15) is 45.1 Å². The largest absolute Gasteiger partial charge is 0.390 e. The molecule has 0 saturated heterocycles. The molecular weight excluding hydrogens is 324 g/mol. The highest BCUT2D eigenvalue weighted by Gasteiger charge is 2.35. The van der Waals surface area contributed by atoms with E-state index in [1.54, 1.807) is 0 Å². The van der Waals surface area contributed by atoms with Gasteiger partial charge in [0.25, 0.3) is 0 Å². The SMILES string of the molecule is CC(C)C1CCCC(O)(Cc2ccc(Br)cc2Cl)C1. The van der Waals surface area contributed by atoms with Crippen LogP contribution in [0.3, 0.4) is 0 Å². The summed E-state index contributed by atoms with van der Waals surface area (Å²) < 4.78 is 0.983. The first-order valence-corrected chi connectivity index (χ1v) is 8.23. The number of hydrogen-bond donors (Lipinski definition) is 1. The molecule has 1 aromatic rings. The van der Waals surface area contributed by atoms with Gasteiger partial charge in [-0.05, 0) is 48.8 Å². The van der Waals surface area contributed by atoms with Crippen LogP contribution in [-0.2, 0) is 6.42 Å². The minimum atomic E-state index is -0.579. The molecule has 0 heterocycles. The molecule has 1 fully saturated rings. The third-order valence-electron chi connectivity index (χ3n) is 4.34. The van der Waals surface area contributed by atoms with Crippen LogP contribution >= 0.6 is 27.5 Å². The molecule has 2 atom stereocenters. The Hall–Kier alpha value is -0.0500. The Labute approximate surface area is 129 Å². The summed E-state index contributed by atoms with van der Waals surface area (Å²) in [4.78, 5) is 0. The van der Waals surface area contributed by atoms with Crippen LogP contribution < -0.4 is 0 Å². The van der Waals surface area contributed by atoms with Gasteiger partial charge in [-0.25, -0.2) is 0 Å². The van der Waals surface area contributed by atoms with Crippen molar-refractivity contribution in [1.29, 1.82) is 0 Å². The first-order valence-electron chi connectivity index (χ1n) is 7.06. The Morgan fingerprint density at radius 2 is 2.21 bits per heavy atom. The van der Waals surface area contributed by atoms with Gasteiger partial charge in [0.1, 0.15) is 0 Å². The highest BCUT2D eigenvalue weighted by molar-refractivity contribution is 9.10. The minimum Gasteiger partial charge on any atom is -0.390 e. The van der Waals surface area contributed by atoms with Gasteiger partial charge in [-0.3, -0.25) is 0 Å². The Morgan fingerprint density at radius 3 is 2.84 bits per heavy atom. The fourth-order valence-electron chi connectivity index (χ4n) is 3.13. The van der Waals surface area contributed by atoms with E-state index in [2.05, 4.69) is 29.8 Å². The predicted molar refractivity (Wildman–Crippen MR) is 84.6 cm³/mol. The summed E-state index contributed by atoms with van der Waals surface area (Å²) in [5.74, 6) is 1.28. The molecule has 1 N–H and O–H groups in total. The van der Waals surface area contributed by atoms with Gasteiger partial charge in [-0.15, -0.1) is 0 Å². The number of halogens is 2. The number of hydrogen-bond acceptors (Lipinski definition) is 1. The molecule has 19 heavy (non-hydrogen) atoms. The lowest BCUT2D eigenvalue weighted by Gasteiger charge is -2.39. The van der Waals surface area contributed by atoms with Gasteiger partial charge in [-0.1, -0.05) is 53.9 Å². The minimum absolute atomic E-state index is 0.579.